The third-order valence-corrected chi connectivity index (χ3v) is 5.65. The predicted octanol–water partition coefficient (Wildman–Crippen LogP) is 5.03. The highest BCUT2D eigenvalue weighted by Gasteiger charge is 2.15. The molecule has 0 aliphatic carbocycles. The second kappa shape index (κ2) is 14.9. The number of methoxy groups -OCH3 is 1. The van der Waals surface area contributed by atoms with Crippen molar-refractivity contribution < 1.29 is 19.0 Å². The molecule has 0 radical (unpaired) electrons. The average Bonchev–Trinajstić information content (AvgIpc) is 2.74. The fraction of sp³-hybridized carbons (Fsp3) is 0.409. The smallest absolute Gasteiger partial charge is 0.343 e. The van der Waals surface area contributed by atoms with Crippen LogP contribution in [0.25, 0.3) is 0 Å². The molecular weight excluding hydrogens is 540 g/mol. The highest BCUT2D eigenvalue weighted by molar-refractivity contribution is 14.1. The van der Waals surface area contributed by atoms with Crippen LogP contribution in [0.5, 0.6) is 5.75 Å². The van der Waals surface area contributed by atoms with Crippen LogP contribution >= 0.6 is 46.6 Å². The zero-order valence-corrected chi connectivity index (χ0v) is 20.8. The Hall–Kier alpha value is -1.06. The van der Waals surface area contributed by atoms with Crippen LogP contribution in [0.4, 0.5) is 0 Å². The summed E-state index contributed by atoms with van der Waals surface area (Å²) in [7, 11) is 1.34. The number of hydrogen-bond acceptors (Lipinski definition) is 5. The van der Waals surface area contributed by atoms with Crippen molar-refractivity contribution in [2.45, 2.75) is 25.5 Å². The molecule has 2 aromatic rings. The normalized spacial score (nSPS) is 12.5. The van der Waals surface area contributed by atoms with E-state index in [2.05, 4.69) is 32.6 Å². The molecule has 2 aromatic carbocycles. The summed E-state index contributed by atoms with van der Waals surface area (Å²) in [6.07, 6.45) is 0.840. The quantitative estimate of drug-likeness (QED) is 0.221. The second-order valence-corrected chi connectivity index (χ2v) is 7.79. The van der Waals surface area contributed by atoms with Gasteiger partial charge in [-0.1, -0.05) is 58.5 Å². The van der Waals surface area contributed by atoms with Gasteiger partial charge in [0, 0.05) is 28.6 Å². The molecule has 5 nitrogen and oxygen atoms in total. The minimum atomic E-state index is -0.396. The van der Waals surface area contributed by atoms with Gasteiger partial charge in [0.2, 0.25) is 0 Å². The maximum absolute atomic E-state index is 11.2. The number of carbonyl (C=O) groups is 1. The van der Waals surface area contributed by atoms with Gasteiger partial charge in [-0.3, -0.25) is 0 Å². The van der Waals surface area contributed by atoms with Crippen LogP contribution in [0.1, 0.15) is 24.2 Å². The second-order valence-electron chi connectivity index (χ2n) is 6.47. The maximum atomic E-state index is 11.2. The fourth-order valence-corrected chi connectivity index (χ4v) is 3.67. The molecule has 0 saturated carbocycles. The number of benzene rings is 2. The van der Waals surface area contributed by atoms with Gasteiger partial charge in [-0.15, -0.1) is 12.4 Å². The Morgan fingerprint density at radius 2 is 1.93 bits per heavy atom. The third-order valence-electron chi connectivity index (χ3n) is 4.36. The molecule has 0 aliphatic heterocycles. The van der Waals surface area contributed by atoms with Crippen molar-refractivity contribution in [1.82, 2.24) is 5.32 Å². The van der Waals surface area contributed by atoms with E-state index in [1.165, 1.54) is 12.7 Å². The molecule has 2 atom stereocenters. The van der Waals surface area contributed by atoms with Crippen molar-refractivity contribution in [3.8, 4) is 5.75 Å². The number of carbonyl (C=O) groups excluding carboxylic acids is 1. The van der Waals surface area contributed by atoms with Gasteiger partial charge in [-0.25, -0.2) is 4.79 Å². The first-order valence-corrected chi connectivity index (χ1v) is 11.4. The molecule has 2 unspecified atom stereocenters. The number of ether oxygens (including phenoxy) is 3. The summed E-state index contributed by atoms with van der Waals surface area (Å²) in [5.41, 5.74) is 2.27. The molecule has 0 aliphatic rings. The number of hydrogen-bond donors (Lipinski definition) is 1. The Bertz CT molecular complexity index is 761. The van der Waals surface area contributed by atoms with Gasteiger partial charge < -0.3 is 19.5 Å². The Morgan fingerprint density at radius 3 is 2.53 bits per heavy atom. The first kappa shape index (κ1) is 27.0. The van der Waals surface area contributed by atoms with E-state index in [0.717, 1.165) is 16.4 Å². The van der Waals surface area contributed by atoms with Crippen LogP contribution < -0.4 is 10.1 Å². The van der Waals surface area contributed by atoms with Crippen molar-refractivity contribution in [1.29, 1.82) is 0 Å². The van der Waals surface area contributed by atoms with Crippen molar-refractivity contribution in [3.05, 3.63) is 64.7 Å². The van der Waals surface area contributed by atoms with Crippen LogP contribution in [-0.4, -0.2) is 43.3 Å². The van der Waals surface area contributed by atoms with Crippen molar-refractivity contribution in [2.24, 2.45) is 0 Å². The minimum absolute atomic E-state index is 0. The first-order valence-electron chi connectivity index (χ1n) is 9.50. The third kappa shape index (κ3) is 9.39. The van der Waals surface area contributed by atoms with Gasteiger partial charge >= 0.3 is 5.97 Å². The van der Waals surface area contributed by atoms with Gasteiger partial charge in [-0.2, -0.15) is 0 Å². The largest absolute Gasteiger partial charge is 0.482 e. The summed E-state index contributed by atoms with van der Waals surface area (Å²) in [5.74, 6) is 0.252. The molecule has 2 rings (SSSR count). The van der Waals surface area contributed by atoms with E-state index < -0.39 is 5.97 Å². The van der Waals surface area contributed by atoms with Gasteiger partial charge in [0.15, 0.2) is 6.61 Å². The molecule has 0 saturated heterocycles. The lowest BCUT2D eigenvalue weighted by Gasteiger charge is -2.23. The molecule has 0 bridgehead atoms. The van der Waals surface area contributed by atoms with Crippen LogP contribution in [0.2, 0.25) is 5.02 Å². The molecule has 0 amide bonds. The first-order chi connectivity index (χ1) is 14.0. The number of halogens is 3. The van der Waals surface area contributed by atoms with Gasteiger partial charge in [0.25, 0.3) is 0 Å². The molecule has 0 aromatic heterocycles. The number of esters is 1. The average molecular weight is 568 g/mol. The van der Waals surface area contributed by atoms with E-state index in [1.807, 2.05) is 55.5 Å². The topological polar surface area (TPSA) is 56.8 Å². The lowest BCUT2D eigenvalue weighted by molar-refractivity contribution is -0.142. The van der Waals surface area contributed by atoms with E-state index in [1.54, 1.807) is 0 Å². The van der Waals surface area contributed by atoms with E-state index in [9.17, 15) is 4.79 Å². The van der Waals surface area contributed by atoms with Crippen molar-refractivity contribution in [3.63, 3.8) is 0 Å². The van der Waals surface area contributed by atoms with Crippen molar-refractivity contribution >= 4 is 52.6 Å². The van der Waals surface area contributed by atoms with E-state index in [-0.39, 0.29) is 25.1 Å². The molecule has 1 N–H and O–H groups in total. The summed E-state index contributed by atoms with van der Waals surface area (Å²) in [4.78, 5) is 11.2. The number of nitrogens with one attached hydrogen (secondary N) is 1. The fourth-order valence-electron chi connectivity index (χ4n) is 2.84. The van der Waals surface area contributed by atoms with E-state index in [0.29, 0.717) is 30.0 Å². The van der Waals surface area contributed by atoms with Crippen LogP contribution in [0.3, 0.4) is 0 Å². The number of rotatable bonds is 12. The maximum Gasteiger partial charge on any atom is 0.343 e. The zero-order valence-electron chi connectivity index (χ0n) is 17.1. The molecule has 0 fully saturated rings. The Labute approximate surface area is 203 Å². The predicted molar refractivity (Wildman–Crippen MR) is 131 cm³/mol. The van der Waals surface area contributed by atoms with Crippen LogP contribution in [0, 0.1) is 0 Å². The molecule has 8 heteroatoms. The standard InChI is InChI=1S/C22H27ClINO4.ClH/c1-3-28-21(17-5-4-6-18(23)12-17)14-25-19(13-24)11-16-7-9-20(10-8-16)29-15-22(26)27-2;/h4-10,12,19,21,25H,3,11,13-15H2,1-2H3;1H. The van der Waals surface area contributed by atoms with E-state index >= 15 is 0 Å². The summed E-state index contributed by atoms with van der Waals surface area (Å²) >= 11 is 8.53. The highest BCUT2D eigenvalue weighted by atomic mass is 127. The summed E-state index contributed by atoms with van der Waals surface area (Å²) in [6, 6.07) is 15.9. The van der Waals surface area contributed by atoms with Gasteiger partial charge in [0.05, 0.1) is 13.2 Å². The van der Waals surface area contributed by atoms with Crippen LogP contribution in [-0.2, 0) is 20.7 Å². The number of alkyl halides is 1. The summed E-state index contributed by atoms with van der Waals surface area (Å²) in [5, 5.41) is 4.33. The molecule has 166 valence electrons. The van der Waals surface area contributed by atoms with Crippen LogP contribution in [0.15, 0.2) is 48.5 Å². The Kier molecular flexibility index (Phi) is 13.4. The lowest BCUT2D eigenvalue weighted by Crippen LogP contribution is -2.36. The van der Waals surface area contributed by atoms with Gasteiger partial charge in [-0.05, 0) is 48.7 Å². The highest BCUT2D eigenvalue weighted by Crippen LogP contribution is 2.21. The molecule has 30 heavy (non-hydrogen) atoms. The minimum Gasteiger partial charge on any atom is -0.482 e. The summed E-state index contributed by atoms with van der Waals surface area (Å²) < 4.78 is 16.9. The SMILES string of the molecule is CCOC(CNC(CI)Cc1ccc(OCC(=O)OC)cc1)c1cccc(Cl)c1.Cl. The summed E-state index contributed by atoms with van der Waals surface area (Å²) in [6.45, 7) is 3.26. The van der Waals surface area contributed by atoms with Crippen molar-refractivity contribution in [2.75, 3.05) is 31.3 Å². The monoisotopic (exact) mass is 567 g/mol. The van der Waals surface area contributed by atoms with Gasteiger partial charge in [0.1, 0.15) is 5.75 Å². The zero-order chi connectivity index (χ0) is 21.1. The lowest BCUT2D eigenvalue weighted by atomic mass is 10.1. The molecule has 0 heterocycles. The molecular formula is C22H28Cl2INO4. The Balaban J connectivity index is 0.00000450. The molecule has 0 spiro atoms. The van der Waals surface area contributed by atoms with E-state index in [4.69, 9.17) is 21.1 Å². The Morgan fingerprint density at radius 1 is 1.20 bits per heavy atom.